The van der Waals surface area contributed by atoms with Gasteiger partial charge in [0.15, 0.2) is 5.78 Å². The molecular formula is C12H18N2O3S. The van der Waals surface area contributed by atoms with Gasteiger partial charge in [0, 0.05) is 25.4 Å². The molecule has 2 atom stereocenters. The van der Waals surface area contributed by atoms with Crippen LogP contribution in [0, 0.1) is 5.92 Å². The lowest BCUT2D eigenvalue weighted by Crippen LogP contribution is -2.31. The van der Waals surface area contributed by atoms with Crippen LogP contribution in [0.2, 0.25) is 0 Å². The fourth-order valence-corrected chi connectivity index (χ4v) is 3.70. The van der Waals surface area contributed by atoms with Gasteiger partial charge in [0.25, 0.3) is 0 Å². The van der Waals surface area contributed by atoms with Gasteiger partial charge in [-0.05, 0) is 19.3 Å². The molecule has 0 aromatic carbocycles. The summed E-state index contributed by atoms with van der Waals surface area (Å²) >= 11 is 0. The zero-order valence-corrected chi connectivity index (χ0v) is 11.5. The second-order valence-corrected chi connectivity index (χ2v) is 7.43. The highest BCUT2D eigenvalue weighted by atomic mass is 32.2. The quantitative estimate of drug-likeness (QED) is 0.774. The Labute approximate surface area is 107 Å². The first kappa shape index (κ1) is 13.3. The highest BCUT2D eigenvalue weighted by molar-refractivity contribution is 7.91. The van der Waals surface area contributed by atoms with Gasteiger partial charge in [-0.1, -0.05) is 6.42 Å². The Balaban J connectivity index is 2.12. The van der Waals surface area contributed by atoms with Crippen LogP contribution in [0.15, 0.2) is 12.5 Å². The minimum absolute atomic E-state index is 0.0241. The van der Waals surface area contributed by atoms with Crippen LogP contribution >= 0.6 is 0 Å². The molecule has 0 amide bonds. The van der Waals surface area contributed by atoms with Crippen molar-refractivity contribution in [1.29, 1.82) is 0 Å². The molecule has 1 heterocycles. The van der Waals surface area contributed by atoms with Crippen LogP contribution in [0.4, 0.5) is 0 Å². The van der Waals surface area contributed by atoms with Gasteiger partial charge in [-0.3, -0.25) is 4.79 Å². The van der Waals surface area contributed by atoms with Crippen LogP contribution < -0.4 is 0 Å². The van der Waals surface area contributed by atoms with E-state index in [-0.39, 0.29) is 17.0 Å². The molecule has 0 spiro atoms. The second-order valence-electron chi connectivity index (χ2n) is 5.10. The summed E-state index contributed by atoms with van der Waals surface area (Å²) < 4.78 is 24.9. The first-order valence-corrected chi connectivity index (χ1v) is 8.04. The minimum atomic E-state index is -3.05. The molecule has 100 valence electrons. The maximum absolute atomic E-state index is 12.2. The largest absolute Gasteiger partial charge is 0.340 e. The maximum atomic E-state index is 12.2. The molecule has 1 aliphatic rings. The summed E-state index contributed by atoms with van der Waals surface area (Å²) in [5, 5.41) is -0.371. The summed E-state index contributed by atoms with van der Waals surface area (Å²) in [6, 6.07) is 0. The van der Waals surface area contributed by atoms with E-state index >= 15 is 0 Å². The minimum Gasteiger partial charge on any atom is -0.340 e. The number of ketones is 1. The van der Waals surface area contributed by atoms with E-state index in [1.165, 1.54) is 6.26 Å². The molecule has 0 saturated heterocycles. The van der Waals surface area contributed by atoms with Crippen LogP contribution in [-0.2, 0) is 16.9 Å². The third kappa shape index (κ3) is 2.80. The Bertz CT molecular complexity index is 547. The van der Waals surface area contributed by atoms with Crippen LogP contribution in [-0.4, -0.2) is 35.3 Å². The van der Waals surface area contributed by atoms with Crippen LogP contribution in [0.25, 0.3) is 0 Å². The predicted molar refractivity (Wildman–Crippen MR) is 68.1 cm³/mol. The zero-order chi connectivity index (χ0) is 13.3. The van der Waals surface area contributed by atoms with E-state index in [2.05, 4.69) is 4.98 Å². The Hall–Kier alpha value is -1.17. The normalized spacial score (nSPS) is 25.0. The van der Waals surface area contributed by atoms with Crippen molar-refractivity contribution in [3.05, 3.63) is 18.2 Å². The van der Waals surface area contributed by atoms with Crippen LogP contribution in [0.1, 0.15) is 36.2 Å². The number of carbonyl (C=O) groups is 1. The molecule has 1 aromatic rings. The van der Waals surface area contributed by atoms with Crippen molar-refractivity contribution < 1.29 is 13.2 Å². The lowest BCUT2D eigenvalue weighted by Gasteiger charge is -2.26. The maximum Gasteiger partial charge on any atom is 0.185 e. The average Bonchev–Trinajstić information content (AvgIpc) is 2.74. The third-order valence-electron chi connectivity index (χ3n) is 3.56. The molecule has 0 aliphatic heterocycles. The van der Waals surface area contributed by atoms with Gasteiger partial charge >= 0.3 is 0 Å². The van der Waals surface area contributed by atoms with Crippen molar-refractivity contribution >= 4 is 15.6 Å². The molecular weight excluding hydrogens is 252 g/mol. The monoisotopic (exact) mass is 270 g/mol. The summed E-state index contributed by atoms with van der Waals surface area (Å²) in [7, 11) is -1.24. The molecule has 2 unspecified atom stereocenters. The number of aryl methyl sites for hydroxylation is 1. The van der Waals surface area contributed by atoms with E-state index < -0.39 is 9.84 Å². The number of hydrogen-bond acceptors (Lipinski definition) is 4. The molecule has 1 saturated carbocycles. The molecule has 1 aromatic heterocycles. The lowest BCUT2D eigenvalue weighted by molar-refractivity contribution is 0.0886. The van der Waals surface area contributed by atoms with Crippen molar-refractivity contribution in [1.82, 2.24) is 9.55 Å². The first-order chi connectivity index (χ1) is 8.38. The Morgan fingerprint density at radius 3 is 2.72 bits per heavy atom. The van der Waals surface area contributed by atoms with Gasteiger partial charge in [0.1, 0.15) is 15.5 Å². The topological polar surface area (TPSA) is 69.0 Å². The van der Waals surface area contributed by atoms with Gasteiger partial charge in [0.05, 0.1) is 11.6 Å². The predicted octanol–water partition coefficient (Wildman–Crippen LogP) is 1.21. The smallest absolute Gasteiger partial charge is 0.185 e. The molecule has 1 aliphatic carbocycles. The highest BCUT2D eigenvalue weighted by Crippen LogP contribution is 2.30. The van der Waals surface area contributed by atoms with E-state index in [9.17, 15) is 13.2 Å². The molecule has 0 bridgehead atoms. The Morgan fingerprint density at radius 2 is 2.17 bits per heavy atom. The average molecular weight is 270 g/mol. The van der Waals surface area contributed by atoms with E-state index in [1.54, 1.807) is 17.1 Å². The van der Waals surface area contributed by atoms with Gasteiger partial charge in [-0.25, -0.2) is 13.4 Å². The standard InChI is InChI=1S/C12H18N2O3S/c1-14-7-11(13-8-14)12(15)9-4-3-5-10(6-9)18(2,16)17/h7-10H,3-6H2,1-2H3. The summed E-state index contributed by atoms with van der Waals surface area (Å²) in [5.41, 5.74) is 0.441. The number of Topliss-reactive ketones (excluding diaryl/α,β-unsaturated/α-hetero) is 1. The molecule has 18 heavy (non-hydrogen) atoms. The van der Waals surface area contributed by atoms with Gasteiger partial charge < -0.3 is 4.57 Å². The summed E-state index contributed by atoms with van der Waals surface area (Å²) in [6.07, 6.45) is 7.20. The van der Waals surface area contributed by atoms with Crippen molar-refractivity contribution in [2.45, 2.75) is 30.9 Å². The lowest BCUT2D eigenvalue weighted by atomic mass is 9.85. The molecule has 0 N–H and O–H groups in total. The molecule has 1 fully saturated rings. The van der Waals surface area contributed by atoms with Gasteiger partial charge in [-0.15, -0.1) is 0 Å². The van der Waals surface area contributed by atoms with E-state index in [0.717, 1.165) is 12.8 Å². The van der Waals surface area contributed by atoms with Gasteiger partial charge in [-0.2, -0.15) is 0 Å². The number of sulfone groups is 1. The first-order valence-electron chi connectivity index (χ1n) is 6.09. The second kappa shape index (κ2) is 4.84. The van der Waals surface area contributed by atoms with E-state index in [1.807, 2.05) is 7.05 Å². The Kier molecular flexibility index (Phi) is 3.56. The third-order valence-corrected chi connectivity index (χ3v) is 5.20. The van der Waals surface area contributed by atoms with Crippen molar-refractivity contribution in [3.8, 4) is 0 Å². The van der Waals surface area contributed by atoms with Crippen LogP contribution in [0.3, 0.4) is 0 Å². The van der Waals surface area contributed by atoms with E-state index in [0.29, 0.717) is 18.5 Å². The highest BCUT2D eigenvalue weighted by Gasteiger charge is 2.33. The molecule has 6 heteroatoms. The summed E-state index contributed by atoms with van der Waals surface area (Å²) in [6.45, 7) is 0. The summed E-state index contributed by atoms with van der Waals surface area (Å²) in [5.74, 6) is -0.225. The number of rotatable bonds is 3. The molecule has 0 radical (unpaired) electrons. The van der Waals surface area contributed by atoms with Gasteiger partial charge in [0.2, 0.25) is 0 Å². The SMILES string of the molecule is Cn1cnc(C(=O)C2CCCC(S(C)(=O)=O)C2)c1. The molecule has 5 nitrogen and oxygen atoms in total. The fourth-order valence-electron chi connectivity index (χ4n) is 2.52. The number of hydrogen-bond donors (Lipinski definition) is 0. The number of carbonyl (C=O) groups excluding carboxylic acids is 1. The number of aromatic nitrogens is 2. The van der Waals surface area contributed by atoms with E-state index in [4.69, 9.17) is 0 Å². The van der Waals surface area contributed by atoms with Crippen LogP contribution in [0.5, 0.6) is 0 Å². The van der Waals surface area contributed by atoms with Crippen molar-refractivity contribution in [2.75, 3.05) is 6.26 Å². The van der Waals surface area contributed by atoms with Crippen molar-refractivity contribution in [3.63, 3.8) is 0 Å². The van der Waals surface area contributed by atoms with Crippen molar-refractivity contribution in [2.24, 2.45) is 13.0 Å². The number of nitrogens with zero attached hydrogens (tertiary/aromatic N) is 2. The molecule has 2 rings (SSSR count). The summed E-state index contributed by atoms with van der Waals surface area (Å²) in [4.78, 5) is 16.3. The number of imidazole rings is 1. The Morgan fingerprint density at radius 1 is 1.44 bits per heavy atom. The zero-order valence-electron chi connectivity index (χ0n) is 10.7. The fraction of sp³-hybridized carbons (Fsp3) is 0.667.